The highest BCUT2D eigenvalue weighted by Crippen LogP contribution is 2.35. The average molecular weight is 361 g/mol. The first-order chi connectivity index (χ1) is 11.2. The summed E-state index contributed by atoms with van der Waals surface area (Å²) in [5.41, 5.74) is 0.912. The molecule has 0 spiro atoms. The van der Waals surface area contributed by atoms with Gasteiger partial charge in [0.25, 0.3) is 11.8 Å². The number of hydrogen-bond acceptors (Lipinski definition) is 4. The molecule has 0 aromatic heterocycles. The molecule has 1 aliphatic heterocycles. The monoisotopic (exact) mass is 360 g/mol. The largest absolute Gasteiger partial charge is 0.298 e. The van der Waals surface area contributed by atoms with Gasteiger partial charge in [-0.3, -0.25) is 19.8 Å². The number of hydrogen-bond donors (Lipinski definition) is 1. The third kappa shape index (κ3) is 4.33. The molecule has 6 heteroatoms. The van der Waals surface area contributed by atoms with E-state index < -0.39 is 11.8 Å². The molecule has 4 nitrogen and oxygen atoms in total. The van der Waals surface area contributed by atoms with Crippen molar-refractivity contribution in [1.29, 1.82) is 0 Å². The van der Waals surface area contributed by atoms with Crippen molar-refractivity contribution in [2.75, 3.05) is 6.54 Å². The van der Waals surface area contributed by atoms with Crippen LogP contribution in [0, 0.1) is 0 Å². The fourth-order valence-corrected chi connectivity index (χ4v) is 3.47. The van der Waals surface area contributed by atoms with Gasteiger partial charge in [-0.15, -0.1) is 18.3 Å². The molecular formula is C18H20N2O2S2. The summed E-state index contributed by atoms with van der Waals surface area (Å²) in [4.78, 5) is 27.2. The number of nitrogens with zero attached hydrogens (tertiary/aromatic N) is 1. The Balaban J connectivity index is 2.43. The number of thiocarbonyl (C=S) groups is 1. The summed E-state index contributed by atoms with van der Waals surface area (Å²) in [6.45, 7) is 10.2. The standard InChI is InChI=1S/C18H20N2O2S2/c1-5-10-20-16(22)13(15(21)19-17(20)23)11-12-8-6-7-9-14(12)24-18(2,3)4/h5-9,11H,1,10H2,2-4H3,(H,19,21,23). The lowest BCUT2D eigenvalue weighted by molar-refractivity contribution is -0.128. The zero-order valence-corrected chi connectivity index (χ0v) is 15.6. The Kier molecular flexibility index (Phi) is 5.62. The van der Waals surface area contributed by atoms with Gasteiger partial charge in [-0.05, 0) is 29.9 Å². The van der Waals surface area contributed by atoms with E-state index >= 15 is 0 Å². The Morgan fingerprint density at radius 1 is 1.29 bits per heavy atom. The third-order valence-electron chi connectivity index (χ3n) is 3.13. The zero-order valence-electron chi connectivity index (χ0n) is 14.0. The molecule has 0 bridgehead atoms. The van der Waals surface area contributed by atoms with Crippen molar-refractivity contribution >= 4 is 47.0 Å². The smallest absolute Gasteiger partial charge is 0.265 e. The van der Waals surface area contributed by atoms with Gasteiger partial charge in [-0.25, -0.2) is 0 Å². The van der Waals surface area contributed by atoms with Crippen molar-refractivity contribution in [3.8, 4) is 0 Å². The molecule has 1 heterocycles. The topological polar surface area (TPSA) is 49.4 Å². The lowest BCUT2D eigenvalue weighted by atomic mass is 10.1. The van der Waals surface area contributed by atoms with Crippen LogP contribution < -0.4 is 5.32 Å². The Morgan fingerprint density at radius 2 is 1.96 bits per heavy atom. The van der Waals surface area contributed by atoms with Crippen LogP contribution in [0.4, 0.5) is 0 Å². The molecule has 2 amide bonds. The van der Waals surface area contributed by atoms with Gasteiger partial charge >= 0.3 is 0 Å². The van der Waals surface area contributed by atoms with Crippen LogP contribution in [-0.2, 0) is 9.59 Å². The molecule has 0 atom stereocenters. The fourth-order valence-electron chi connectivity index (χ4n) is 2.17. The summed E-state index contributed by atoms with van der Waals surface area (Å²) in [6.07, 6.45) is 3.20. The third-order valence-corrected chi connectivity index (χ3v) is 4.66. The summed E-state index contributed by atoms with van der Waals surface area (Å²) in [5.74, 6) is -0.875. The van der Waals surface area contributed by atoms with Crippen molar-refractivity contribution in [3.05, 3.63) is 48.1 Å². The maximum absolute atomic E-state index is 12.6. The van der Waals surface area contributed by atoms with Crippen LogP contribution in [0.15, 0.2) is 47.4 Å². The molecule has 1 aromatic carbocycles. The van der Waals surface area contributed by atoms with Crippen molar-refractivity contribution in [2.45, 2.75) is 30.4 Å². The van der Waals surface area contributed by atoms with E-state index in [0.29, 0.717) is 0 Å². The predicted octanol–water partition coefficient (Wildman–Crippen LogP) is 3.39. The summed E-state index contributed by atoms with van der Waals surface area (Å²) in [7, 11) is 0. The second kappa shape index (κ2) is 7.32. The second-order valence-corrected chi connectivity index (χ2v) is 8.53. The van der Waals surface area contributed by atoms with Crippen LogP contribution in [0.25, 0.3) is 6.08 Å². The molecule has 1 aromatic rings. The minimum atomic E-state index is -0.471. The van der Waals surface area contributed by atoms with Gasteiger partial charge in [0.05, 0.1) is 0 Å². The minimum absolute atomic E-state index is 0.0177. The van der Waals surface area contributed by atoms with E-state index in [0.717, 1.165) is 10.5 Å². The quantitative estimate of drug-likeness (QED) is 0.294. The number of benzene rings is 1. The van der Waals surface area contributed by atoms with Crippen LogP contribution >= 0.6 is 24.0 Å². The first kappa shape index (κ1) is 18.4. The van der Waals surface area contributed by atoms with E-state index in [4.69, 9.17) is 12.2 Å². The van der Waals surface area contributed by atoms with Crippen LogP contribution in [-0.4, -0.2) is 33.1 Å². The molecule has 2 rings (SSSR count). The average Bonchev–Trinajstić information content (AvgIpc) is 2.48. The summed E-state index contributed by atoms with van der Waals surface area (Å²) in [5, 5.41) is 2.67. The molecule has 0 aliphatic carbocycles. The number of rotatable bonds is 4. The molecule has 0 unspecified atom stereocenters. The van der Waals surface area contributed by atoms with Gasteiger partial charge in [0.1, 0.15) is 5.57 Å². The summed E-state index contributed by atoms with van der Waals surface area (Å²) >= 11 is 6.74. The molecule has 0 radical (unpaired) electrons. The Bertz CT molecular complexity index is 733. The Labute approximate surface area is 152 Å². The lowest BCUT2D eigenvalue weighted by Crippen LogP contribution is -2.53. The van der Waals surface area contributed by atoms with Crippen molar-refractivity contribution in [3.63, 3.8) is 0 Å². The van der Waals surface area contributed by atoms with Crippen LogP contribution in [0.2, 0.25) is 0 Å². The van der Waals surface area contributed by atoms with Gasteiger partial charge in [0, 0.05) is 16.2 Å². The van der Waals surface area contributed by atoms with Crippen LogP contribution in [0.1, 0.15) is 26.3 Å². The highest BCUT2D eigenvalue weighted by molar-refractivity contribution is 8.00. The minimum Gasteiger partial charge on any atom is -0.298 e. The molecule has 1 N–H and O–H groups in total. The van der Waals surface area contributed by atoms with Crippen LogP contribution in [0.5, 0.6) is 0 Å². The van der Waals surface area contributed by atoms with Gasteiger partial charge in [-0.2, -0.15) is 0 Å². The molecule has 24 heavy (non-hydrogen) atoms. The zero-order chi connectivity index (χ0) is 17.9. The number of carbonyl (C=O) groups excluding carboxylic acids is 2. The molecule has 126 valence electrons. The lowest BCUT2D eigenvalue weighted by Gasteiger charge is -2.28. The SMILES string of the molecule is C=CCN1C(=O)C(=Cc2ccccc2SC(C)(C)C)C(=O)NC1=S. The summed E-state index contributed by atoms with van der Waals surface area (Å²) in [6, 6.07) is 7.71. The first-order valence-corrected chi connectivity index (χ1v) is 8.73. The van der Waals surface area contributed by atoms with Gasteiger partial charge < -0.3 is 0 Å². The van der Waals surface area contributed by atoms with E-state index in [2.05, 4.69) is 32.7 Å². The highest BCUT2D eigenvalue weighted by atomic mass is 32.2. The molecule has 1 aliphatic rings. The maximum Gasteiger partial charge on any atom is 0.265 e. The number of amides is 2. The van der Waals surface area contributed by atoms with E-state index in [-0.39, 0.29) is 22.0 Å². The molecular weight excluding hydrogens is 340 g/mol. The van der Waals surface area contributed by atoms with Gasteiger partial charge in [-0.1, -0.05) is 45.0 Å². The Morgan fingerprint density at radius 3 is 2.58 bits per heavy atom. The number of nitrogens with one attached hydrogen (secondary N) is 1. The highest BCUT2D eigenvalue weighted by Gasteiger charge is 2.32. The predicted molar refractivity (Wildman–Crippen MR) is 103 cm³/mol. The van der Waals surface area contributed by atoms with Crippen LogP contribution in [0.3, 0.4) is 0 Å². The normalized spacial score (nSPS) is 17.2. The summed E-state index contributed by atoms with van der Waals surface area (Å²) < 4.78 is 0.0177. The number of carbonyl (C=O) groups is 2. The van der Waals surface area contributed by atoms with Gasteiger partial charge in [0.2, 0.25) is 0 Å². The van der Waals surface area contributed by atoms with E-state index in [1.165, 1.54) is 4.90 Å². The second-order valence-electron chi connectivity index (χ2n) is 6.27. The first-order valence-electron chi connectivity index (χ1n) is 7.51. The Hall–Kier alpha value is -1.92. The number of thioether (sulfide) groups is 1. The van der Waals surface area contributed by atoms with Crippen molar-refractivity contribution in [2.24, 2.45) is 0 Å². The van der Waals surface area contributed by atoms with E-state index in [1.807, 2.05) is 24.3 Å². The van der Waals surface area contributed by atoms with Gasteiger partial charge in [0.15, 0.2) is 5.11 Å². The van der Waals surface area contributed by atoms with E-state index in [9.17, 15) is 9.59 Å². The molecule has 1 saturated heterocycles. The maximum atomic E-state index is 12.6. The molecule has 1 fully saturated rings. The van der Waals surface area contributed by atoms with Crippen molar-refractivity contribution < 1.29 is 9.59 Å². The van der Waals surface area contributed by atoms with E-state index in [1.54, 1.807) is 23.9 Å². The van der Waals surface area contributed by atoms with Crippen molar-refractivity contribution in [1.82, 2.24) is 10.2 Å². The molecule has 0 saturated carbocycles. The fraction of sp³-hybridized carbons (Fsp3) is 0.278.